The third-order valence-electron chi connectivity index (χ3n) is 5.24. The van der Waals surface area contributed by atoms with Gasteiger partial charge in [0.2, 0.25) is 5.95 Å². The van der Waals surface area contributed by atoms with E-state index >= 15 is 0 Å². The number of amides is 1. The van der Waals surface area contributed by atoms with Crippen LogP contribution < -0.4 is 9.92 Å². The zero-order chi connectivity index (χ0) is 25.6. The van der Waals surface area contributed by atoms with Gasteiger partial charge in [-0.2, -0.15) is 26.0 Å². The first kappa shape index (κ1) is 24.1. The maximum Gasteiger partial charge on any atom is 0.534 e. The van der Waals surface area contributed by atoms with E-state index in [1.165, 1.54) is 49.6 Å². The van der Waals surface area contributed by atoms with E-state index in [4.69, 9.17) is 5.73 Å². The summed E-state index contributed by atoms with van der Waals surface area (Å²) in [4.78, 5) is 26.0. The Hall–Kier alpha value is -4.07. The number of hydrogen-bond acceptors (Lipinski definition) is 8. The number of rotatable bonds is 5. The van der Waals surface area contributed by atoms with Crippen molar-refractivity contribution in [1.29, 1.82) is 0 Å². The van der Waals surface area contributed by atoms with E-state index in [1.54, 1.807) is 0 Å². The van der Waals surface area contributed by atoms with Gasteiger partial charge >= 0.3 is 15.6 Å². The summed E-state index contributed by atoms with van der Waals surface area (Å²) in [7, 11) is -4.63. The maximum atomic E-state index is 14.3. The quantitative estimate of drug-likeness (QED) is 0.242. The zero-order valence-corrected chi connectivity index (χ0v) is 18.5. The molecule has 1 unspecified atom stereocenters. The molecule has 1 amide bonds. The van der Waals surface area contributed by atoms with Crippen LogP contribution in [0.1, 0.15) is 11.1 Å². The standard InChI is InChI=1S/C21H15F4N5O4S/c1-30-18(31)20(29-19(30)26,13-5-2-4-12(8-13)16-10-27-11-28-17(16)22)14-6-3-7-15(9-14)34-35(32,33)21(23,24)25/h2-11H,1H3,(H2,26,29). The predicted octanol–water partition coefficient (Wildman–Crippen LogP) is 2.54. The average Bonchev–Trinajstić information content (AvgIpc) is 3.03. The second kappa shape index (κ2) is 8.30. The van der Waals surface area contributed by atoms with Gasteiger partial charge in [-0.1, -0.05) is 30.3 Å². The summed E-state index contributed by atoms with van der Waals surface area (Å²) in [6, 6.07) is 10.4. The van der Waals surface area contributed by atoms with Gasteiger partial charge < -0.3 is 9.92 Å². The van der Waals surface area contributed by atoms with Gasteiger partial charge in [0.1, 0.15) is 12.1 Å². The van der Waals surface area contributed by atoms with E-state index in [1.807, 2.05) is 0 Å². The van der Waals surface area contributed by atoms with Crippen molar-refractivity contribution in [2.75, 3.05) is 7.05 Å². The summed E-state index contributed by atoms with van der Waals surface area (Å²) in [5, 5.41) is 0. The Bertz CT molecular complexity index is 1460. The molecule has 4 rings (SSSR count). The Labute approximate surface area is 196 Å². The number of guanidine groups is 1. The van der Waals surface area contributed by atoms with Crippen LogP contribution in [0.2, 0.25) is 0 Å². The Balaban J connectivity index is 1.90. The number of hydrogen-bond donors (Lipinski definition) is 1. The molecule has 14 heteroatoms. The first-order valence-electron chi connectivity index (χ1n) is 9.68. The number of likely N-dealkylation sites (N-methyl/N-ethyl adjacent to an activating group) is 1. The molecular formula is C21H15F4N5O4S. The molecule has 182 valence electrons. The van der Waals surface area contributed by atoms with E-state index in [-0.39, 0.29) is 28.2 Å². The molecule has 0 fully saturated rings. The lowest BCUT2D eigenvalue weighted by molar-refractivity contribution is -0.129. The fourth-order valence-corrected chi connectivity index (χ4v) is 4.00. The highest BCUT2D eigenvalue weighted by Gasteiger charge is 2.51. The smallest absolute Gasteiger partial charge is 0.376 e. The number of nitrogens with zero attached hydrogens (tertiary/aromatic N) is 4. The second-order valence-corrected chi connectivity index (χ2v) is 8.90. The van der Waals surface area contributed by atoms with Crippen LogP contribution in [0.5, 0.6) is 5.75 Å². The van der Waals surface area contributed by atoms with Crippen LogP contribution in [0.15, 0.2) is 66.0 Å². The number of benzene rings is 2. The van der Waals surface area contributed by atoms with Crippen LogP contribution in [0, 0.1) is 5.95 Å². The number of carbonyl (C=O) groups is 1. The molecule has 2 heterocycles. The highest BCUT2D eigenvalue weighted by molar-refractivity contribution is 7.88. The maximum absolute atomic E-state index is 14.3. The lowest BCUT2D eigenvalue weighted by Crippen LogP contribution is -2.41. The summed E-state index contributed by atoms with van der Waals surface area (Å²) < 4.78 is 79.9. The van der Waals surface area contributed by atoms with Gasteiger partial charge in [0, 0.05) is 13.2 Å². The third-order valence-corrected chi connectivity index (χ3v) is 6.22. The fraction of sp³-hybridized carbons (Fsp3) is 0.143. The molecule has 3 aromatic rings. The molecule has 0 aliphatic carbocycles. The van der Waals surface area contributed by atoms with E-state index in [9.17, 15) is 30.8 Å². The van der Waals surface area contributed by atoms with Crippen molar-refractivity contribution in [2.24, 2.45) is 10.7 Å². The third kappa shape index (κ3) is 4.05. The van der Waals surface area contributed by atoms with Crippen LogP contribution >= 0.6 is 0 Å². The van der Waals surface area contributed by atoms with Crippen LogP contribution in [-0.4, -0.2) is 47.7 Å². The zero-order valence-electron chi connectivity index (χ0n) is 17.7. The van der Waals surface area contributed by atoms with Crippen molar-refractivity contribution >= 4 is 22.0 Å². The van der Waals surface area contributed by atoms with Crippen LogP contribution in [0.4, 0.5) is 17.6 Å². The summed E-state index contributed by atoms with van der Waals surface area (Å²) in [5.41, 5.74) is -1.26. The SMILES string of the molecule is CN1C(=O)C(c2cccc(OS(=O)(=O)C(F)(F)F)c2)(c2cccc(-c3cncnc3F)c2)N=C1N. The molecule has 2 N–H and O–H groups in total. The van der Waals surface area contributed by atoms with Crippen molar-refractivity contribution in [1.82, 2.24) is 14.9 Å². The molecule has 0 spiro atoms. The number of carbonyl (C=O) groups excluding carboxylic acids is 1. The Morgan fingerprint density at radius 2 is 1.74 bits per heavy atom. The van der Waals surface area contributed by atoms with Crippen LogP contribution in [0.25, 0.3) is 11.1 Å². The Morgan fingerprint density at radius 1 is 1.09 bits per heavy atom. The lowest BCUT2D eigenvalue weighted by atomic mass is 9.81. The first-order valence-corrected chi connectivity index (χ1v) is 11.1. The number of alkyl halides is 3. The van der Waals surface area contributed by atoms with Gasteiger partial charge in [0.25, 0.3) is 5.91 Å². The molecule has 9 nitrogen and oxygen atoms in total. The van der Waals surface area contributed by atoms with Crippen molar-refractivity contribution in [3.8, 4) is 16.9 Å². The summed E-state index contributed by atoms with van der Waals surface area (Å²) in [6.07, 6.45) is 2.25. The molecule has 1 aromatic heterocycles. The molecule has 0 radical (unpaired) electrons. The van der Waals surface area contributed by atoms with E-state index in [0.29, 0.717) is 0 Å². The molecule has 1 aliphatic rings. The number of aliphatic imine (C=N–C) groups is 1. The minimum absolute atomic E-state index is 0.0219. The Morgan fingerprint density at radius 3 is 2.34 bits per heavy atom. The van der Waals surface area contributed by atoms with Gasteiger partial charge in [-0.25, -0.2) is 15.0 Å². The summed E-state index contributed by atoms with van der Waals surface area (Å²) >= 11 is 0. The van der Waals surface area contributed by atoms with Crippen molar-refractivity contribution < 1.29 is 35.0 Å². The Kier molecular flexibility index (Phi) is 5.71. The van der Waals surface area contributed by atoms with Crippen LogP contribution in [-0.2, 0) is 20.5 Å². The summed E-state index contributed by atoms with van der Waals surface area (Å²) in [5.74, 6) is -2.41. The molecule has 1 aliphatic heterocycles. The van der Waals surface area contributed by atoms with E-state index in [0.717, 1.165) is 23.4 Å². The minimum atomic E-state index is -5.97. The second-order valence-electron chi connectivity index (χ2n) is 7.36. The molecule has 1 atom stereocenters. The topological polar surface area (TPSA) is 128 Å². The average molecular weight is 509 g/mol. The van der Waals surface area contributed by atoms with Gasteiger partial charge in [-0.15, -0.1) is 0 Å². The molecule has 35 heavy (non-hydrogen) atoms. The number of nitrogens with two attached hydrogens (primary N) is 1. The van der Waals surface area contributed by atoms with Gasteiger partial charge in [-0.3, -0.25) is 9.69 Å². The largest absolute Gasteiger partial charge is 0.534 e. The molecule has 0 bridgehead atoms. The fourth-order valence-electron chi connectivity index (χ4n) is 3.55. The molecular weight excluding hydrogens is 494 g/mol. The van der Waals surface area contributed by atoms with Gasteiger partial charge in [0.15, 0.2) is 11.5 Å². The lowest BCUT2D eigenvalue weighted by Gasteiger charge is -2.27. The van der Waals surface area contributed by atoms with Crippen LogP contribution in [0.3, 0.4) is 0 Å². The normalized spacial score (nSPS) is 18.5. The van der Waals surface area contributed by atoms with E-state index < -0.39 is 38.8 Å². The molecule has 0 saturated carbocycles. The molecule has 2 aromatic carbocycles. The van der Waals surface area contributed by atoms with Gasteiger partial charge in [0.05, 0.1) is 5.56 Å². The number of halogens is 4. The van der Waals surface area contributed by atoms with Gasteiger partial charge in [-0.05, 0) is 34.9 Å². The molecule has 0 saturated heterocycles. The highest BCUT2D eigenvalue weighted by Crippen LogP contribution is 2.42. The monoisotopic (exact) mass is 509 g/mol. The minimum Gasteiger partial charge on any atom is -0.376 e. The predicted molar refractivity (Wildman–Crippen MR) is 115 cm³/mol. The first-order chi connectivity index (χ1) is 16.4. The van der Waals surface area contributed by atoms with E-state index in [2.05, 4.69) is 19.1 Å². The summed E-state index contributed by atoms with van der Waals surface area (Å²) in [6.45, 7) is 0. The highest BCUT2D eigenvalue weighted by atomic mass is 32.2. The van der Waals surface area contributed by atoms with Crippen molar-refractivity contribution in [2.45, 2.75) is 11.0 Å². The number of aromatic nitrogens is 2. The van der Waals surface area contributed by atoms with Crippen molar-refractivity contribution in [3.63, 3.8) is 0 Å². The van der Waals surface area contributed by atoms with Crippen molar-refractivity contribution in [3.05, 3.63) is 78.1 Å².